The highest BCUT2D eigenvalue weighted by molar-refractivity contribution is 9.10. The third-order valence-corrected chi connectivity index (χ3v) is 4.16. The van der Waals surface area contributed by atoms with Crippen molar-refractivity contribution in [2.45, 2.75) is 6.42 Å². The molecule has 0 amide bonds. The van der Waals surface area contributed by atoms with Gasteiger partial charge in [0.25, 0.3) is 0 Å². The fourth-order valence-electron chi connectivity index (χ4n) is 2.54. The Labute approximate surface area is 128 Å². The minimum absolute atomic E-state index is 0.627. The number of nitrogens with one attached hydrogen (secondary N) is 1. The molecule has 1 saturated heterocycles. The van der Waals surface area contributed by atoms with Crippen molar-refractivity contribution in [3.05, 3.63) is 53.0 Å². The van der Waals surface area contributed by atoms with Crippen molar-refractivity contribution in [2.24, 2.45) is 5.92 Å². The van der Waals surface area contributed by atoms with Gasteiger partial charge < -0.3 is 10.1 Å². The first kappa shape index (κ1) is 13.7. The van der Waals surface area contributed by atoms with E-state index in [2.05, 4.69) is 57.6 Å². The van der Waals surface area contributed by atoms with Crippen LogP contribution in [0.4, 0.5) is 0 Å². The minimum atomic E-state index is 0.627. The predicted octanol–water partition coefficient (Wildman–Crippen LogP) is 4.10. The molecule has 2 aromatic rings. The van der Waals surface area contributed by atoms with E-state index in [9.17, 15) is 0 Å². The van der Waals surface area contributed by atoms with Crippen molar-refractivity contribution in [2.75, 3.05) is 19.7 Å². The monoisotopic (exact) mass is 331 g/mol. The predicted molar refractivity (Wildman–Crippen MR) is 86.0 cm³/mol. The number of halogens is 1. The van der Waals surface area contributed by atoms with Crippen LogP contribution in [0, 0.1) is 5.92 Å². The third kappa shape index (κ3) is 3.22. The number of hydrogen-bond donors (Lipinski definition) is 1. The largest absolute Gasteiger partial charge is 0.493 e. The van der Waals surface area contributed by atoms with Gasteiger partial charge in [-0.05, 0) is 36.7 Å². The first-order valence-electron chi connectivity index (χ1n) is 7.01. The Hall–Kier alpha value is -1.32. The summed E-state index contributed by atoms with van der Waals surface area (Å²) in [5, 5.41) is 3.38. The zero-order valence-corrected chi connectivity index (χ0v) is 12.9. The molecule has 0 radical (unpaired) electrons. The van der Waals surface area contributed by atoms with Gasteiger partial charge in [0.2, 0.25) is 0 Å². The molecule has 104 valence electrons. The lowest BCUT2D eigenvalue weighted by atomic mass is 10.0. The highest BCUT2D eigenvalue weighted by Crippen LogP contribution is 2.33. The molecule has 0 unspecified atom stereocenters. The van der Waals surface area contributed by atoms with Crippen LogP contribution in [-0.2, 0) is 0 Å². The van der Waals surface area contributed by atoms with Gasteiger partial charge >= 0.3 is 0 Å². The lowest BCUT2D eigenvalue weighted by Crippen LogP contribution is -2.15. The highest BCUT2D eigenvalue weighted by Gasteiger charge is 2.16. The molecule has 0 saturated carbocycles. The normalized spacial score (nSPS) is 18.1. The fraction of sp³-hybridized carbons (Fsp3) is 0.294. The van der Waals surface area contributed by atoms with E-state index in [1.807, 2.05) is 12.1 Å². The second kappa shape index (κ2) is 6.42. The summed E-state index contributed by atoms with van der Waals surface area (Å²) in [6, 6.07) is 16.6. The van der Waals surface area contributed by atoms with E-state index in [1.54, 1.807) is 0 Å². The molecule has 0 aromatic heterocycles. The van der Waals surface area contributed by atoms with Crippen LogP contribution in [0.25, 0.3) is 11.1 Å². The second-order valence-corrected chi connectivity index (χ2v) is 6.09. The Balaban J connectivity index is 1.82. The van der Waals surface area contributed by atoms with Crippen LogP contribution >= 0.6 is 15.9 Å². The molecule has 0 aliphatic carbocycles. The Morgan fingerprint density at radius 1 is 1.15 bits per heavy atom. The molecular formula is C17H18BrNO. The van der Waals surface area contributed by atoms with E-state index in [0.717, 1.165) is 35.5 Å². The van der Waals surface area contributed by atoms with Gasteiger partial charge in [-0.3, -0.25) is 0 Å². The summed E-state index contributed by atoms with van der Waals surface area (Å²) in [5.41, 5.74) is 2.33. The van der Waals surface area contributed by atoms with Crippen LogP contribution in [0.5, 0.6) is 5.75 Å². The van der Waals surface area contributed by atoms with Crippen molar-refractivity contribution in [3.63, 3.8) is 0 Å². The van der Waals surface area contributed by atoms with Crippen LogP contribution in [-0.4, -0.2) is 19.7 Å². The van der Waals surface area contributed by atoms with E-state index < -0.39 is 0 Å². The van der Waals surface area contributed by atoms with Gasteiger partial charge in [0.15, 0.2) is 0 Å². The minimum Gasteiger partial charge on any atom is -0.493 e. The van der Waals surface area contributed by atoms with Crippen LogP contribution in [0.1, 0.15) is 6.42 Å². The molecule has 2 aromatic carbocycles. The van der Waals surface area contributed by atoms with Gasteiger partial charge in [0.1, 0.15) is 5.75 Å². The molecule has 0 bridgehead atoms. The van der Waals surface area contributed by atoms with Crippen LogP contribution in [0.2, 0.25) is 0 Å². The summed E-state index contributed by atoms with van der Waals surface area (Å²) in [4.78, 5) is 0. The molecule has 1 atom stereocenters. The summed E-state index contributed by atoms with van der Waals surface area (Å²) in [6.45, 7) is 2.96. The molecular weight excluding hydrogens is 314 g/mol. The zero-order chi connectivity index (χ0) is 13.8. The van der Waals surface area contributed by atoms with Gasteiger partial charge in [-0.1, -0.05) is 46.3 Å². The fourth-order valence-corrected chi connectivity index (χ4v) is 2.90. The van der Waals surface area contributed by atoms with Crippen molar-refractivity contribution in [1.82, 2.24) is 5.32 Å². The van der Waals surface area contributed by atoms with Gasteiger partial charge in [0.05, 0.1) is 6.61 Å². The molecule has 1 heterocycles. The average Bonchev–Trinajstić information content (AvgIpc) is 3.00. The van der Waals surface area contributed by atoms with E-state index in [0.29, 0.717) is 5.92 Å². The Bertz CT molecular complexity index is 564. The second-order valence-electron chi connectivity index (χ2n) is 5.18. The standard InChI is InChI=1S/C17H18BrNO/c18-15-6-7-17(20-12-13-8-9-19-11-13)16(10-15)14-4-2-1-3-5-14/h1-7,10,13,19H,8-9,11-12H2/t13-/m0/s1. The van der Waals surface area contributed by atoms with Crippen LogP contribution in [0.15, 0.2) is 53.0 Å². The zero-order valence-electron chi connectivity index (χ0n) is 11.3. The molecule has 1 N–H and O–H groups in total. The van der Waals surface area contributed by atoms with E-state index in [-0.39, 0.29) is 0 Å². The Morgan fingerprint density at radius 3 is 2.75 bits per heavy atom. The quantitative estimate of drug-likeness (QED) is 0.910. The molecule has 2 nitrogen and oxygen atoms in total. The summed E-state index contributed by atoms with van der Waals surface area (Å²) < 4.78 is 7.14. The maximum atomic E-state index is 6.07. The molecule has 1 aliphatic heterocycles. The maximum Gasteiger partial charge on any atom is 0.127 e. The van der Waals surface area contributed by atoms with E-state index in [1.165, 1.54) is 12.0 Å². The van der Waals surface area contributed by atoms with Crippen molar-refractivity contribution in [1.29, 1.82) is 0 Å². The van der Waals surface area contributed by atoms with Gasteiger partial charge in [0, 0.05) is 22.5 Å². The summed E-state index contributed by atoms with van der Waals surface area (Å²) in [5.74, 6) is 1.59. The van der Waals surface area contributed by atoms with Crippen LogP contribution in [0.3, 0.4) is 0 Å². The SMILES string of the molecule is Brc1ccc(OC[C@H]2CCNC2)c(-c2ccccc2)c1. The molecule has 3 rings (SSSR count). The maximum absolute atomic E-state index is 6.07. The van der Waals surface area contributed by atoms with Crippen molar-refractivity contribution < 1.29 is 4.74 Å². The molecule has 1 aliphatic rings. The van der Waals surface area contributed by atoms with Crippen LogP contribution < -0.4 is 10.1 Å². The van der Waals surface area contributed by atoms with Gasteiger partial charge in [-0.2, -0.15) is 0 Å². The van der Waals surface area contributed by atoms with Crippen molar-refractivity contribution >= 4 is 15.9 Å². The average molecular weight is 332 g/mol. The third-order valence-electron chi connectivity index (χ3n) is 3.66. The highest BCUT2D eigenvalue weighted by atomic mass is 79.9. The lowest BCUT2D eigenvalue weighted by molar-refractivity contribution is 0.261. The molecule has 1 fully saturated rings. The summed E-state index contributed by atoms with van der Waals surface area (Å²) >= 11 is 3.55. The number of hydrogen-bond acceptors (Lipinski definition) is 2. The smallest absolute Gasteiger partial charge is 0.127 e. The van der Waals surface area contributed by atoms with Gasteiger partial charge in [-0.15, -0.1) is 0 Å². The number of ether oxygens (including phenoxy) is 1. The molecule has 3 heteroatoms. The summed E-state index contributed by atoms with van der Waals surface area (Å²) in [7, 11) is 0. The first-order chi connectivity index (χ1) is 9.83. The number of rotatable bonds is 4. The van der Waals surface area contributed by atoms with E-state index in [4.69, 9.17) is 4.74 Å². The van der Waals surface area contributed by atoms with Crippen molar-refractivity contribution in [3.8, 4) is 16.9 Å². The summed E-state index contributed by atoms with van der Waals surface area (Å²) in [6.07, 6.45) is 1.21. The Kier molecular flexibility index (Phi) is 4.38. The topological polar surface area (TPSA) is 21.3 Å². The number of benzene rings is 2. The first-order valence-corrected chi connectivity index (χ1v) is 7.81. The Morgan fingerprint density at radius 2 is 2.00 bits per heavy atom. The lowest BCUT2D eigenvalue weighted by Gasteiger charge is -2.15. The molecule has 0 spiro atoms. The van der Waals surface area contributed by atoms with E-state index >= 15 is 0 Å². The van der Waals surface area contributed by atoms with Gasteiger partial charge in [-0.25, -0.2) is 0 Å². The molecule has 20 heavy (non-hydrogen) atoms.